The molecule has 0 aromatic heterocycles. The first-order valence-corrected chi connectivity index (χ1v) is 5.55. The Labute approximate surface area is 92.4 Å². The van der Waals surface area contributed by atoms with Crippen molar-refractivity contribution >= 4 is 0 Å². The van der Waals surface area contributed by atoms with Crippen LogP contribution in [0.1, 0.15) is 33.6 Å². The zero-order valence-electron chi connectivity index (χ0n) is 9.93. The second-order valence-electron chi connectivity index (χ2n) is 4.60. The van der Waals surface area contributed by atoms with E-state index in [0.29, 0.717) is 6.42 Å². The molecule has 0 amide bonds. The highest BCUT2D eigenvalue weighted by Gasteiger charge is 2.20. The van der Waals surface area contributed by atoms with Crippen molar-refractivity contribution in [2.75, 3.05) is 0 Å². The first-order chi connectivity index (χ1) is 6.88. The highest BCUT2D eigenvalue weighted by molar-refractivity contribution is 4.83. The molecule has 0 heterocycles. The van der Waals surface area contributed by atoms with Gasteiger partial charge < -0.3 is 15.3 Å². The van der Waals surface area contributed by atoms with Gasteiger partial charge in [0.15, 0.2) is 0 Å². The molecule has 0 saturated carbocycles. The number of hydrogen-bond donors (Lipinski definition) is 3. The minimum Gasteiger partial charge on any atom is -0.393 e. The lowest BCUT2D eigenvalue weighted by molar-refractivity contribution is 0.0161. The molecule has 0 aliphatic heterocycles. The molecule has 0 aliphatic carbocycles. The van der Waals surface area contributed by atoms with Crippen LogP contribution in [-0.2, 0) is 0 Å². The number of aliphatic hydroxyl groups excluding tert-OH is 3. The summed E-state index contributed by atoms with van der Waals surface area (Å²) in [7, 11) is 0. The van der Waals surface area contributed by atoms with Crippen molar-refractivity contribution in [1.29, 1.82) is 0 Å². The number of hydrogen-bond acceptors (Lipinski definition) is 3. The summed E-state index contributed by atoms with van der Waals surface area (Å²) in [5, 5.41) is 28.8. The Kier molecular flexibility index (Phi) is 6.81. The Morgan fingerprint density at radius 3 is 1.87 bits per heavy atom. The van der Waals surface area contributed by atoms with E-state index in [0.717, 1.165) is 0 Å². The van der Waals surface area contributed by atoms with E-state index in [1.165, 1.54) is 0 Å². The Balaban J connectivity index is 3.92. The minimum atomic E-state index is -0.653. The maximum Gasteiger partial charge on any atom is 0.0624 e. The molecule has 0 unspecified atom stereocenters. The average Bonchev–Trinajstić information content (AvgIpc) is 2.15. The van der Waals surface area contributed by atoms with Gasteiger partial charge in [-0.25, -0.2) is 0 Å². The first-order valence-electron chi connectivity index (χ1n) is 5.55. The lowest BCUT2D eigenvalue weighted by Crippen LogP contribution is -2.28. The standard InChI is InChI=1S/C12H24O3/c1-5-9(4)12(15)7-10(13)6-11(14)8(2)3/h5,8-15H,1,6-7H2,2-4H3/t9-,10+,11-,12+/m0/s1. The van der Waals surface area contributed by atoms with Crippen LogP contribution in [0.25, 0.3) is 0 Å². The molecule has 3 heteroatoms. The van der Waals surface area contributed by atoms with Crippen LogP contribution in [0.4, 0.5) is 0 Å². The van der Waals surface area contributed by atoms with Crippen LogP contribution in [-0.4, -0.2) is 33.6 Å². The summed E-state index contributed by atoms with van der Waals surface area (Å²) in [5.74, 6) is 0.101. The number of rotatable bonds is 7. The van der Waals surface area contributed by atoms with Gasteiger partial charge in [0.2, 0.25) is 0 Å². The molecule has 0 rings (SSSR count). The van der Waals surface area contributed by atoms with Crippen molar-refractivity contribution in [2.45, 2.75) is 51.9 Å². The molecule has 0 bridgehead atoms. The quantitative estimate of drug-likeness (QED) is 0.563. The summed E-state index contributed by atoms with van der Waals surface area (Å²) < 4.78 is 0. The fourth-order valence-electron chi connectivity index (χ4n) is 1.30. The first kappa shape index (κ1) is 14.6. The summed E-state index contributed by atoms with van der Waals surface area (Å²) in [4.78, 5) is 0. The van der Waals surface area contributed by atoms with Gasteiger partial charge in [-0.05, 0) is 24.7 Å². The van der Waals surface area contributed by atoms with Crippen molar-refractivity contribution in [3.05, 3.63) is 12.7 Å². The van der Waals surface area contributed by atoms with E-state index in [4.69, 9.17) is 0 Å². The molecule has 15 heavy (non-hydrogen) atoms. The van der Waals surface area contributed by atoms with Gasteiger partial charge in [0.25, 0.3) is 0 Å². The maximum absolute atomic E-state index is 9.63. The highest BCUT2D eigenvalue weighted by Crippen LogP contribution is 2.15. The molecule has 0 spiro atoms. The van der Waals surface area contributed by atoms with E-state index in [1.54, 1.807) is 6.08 Å². The second-order valence-corrected chi connectivity index (χ2v) is 4.60. The topological polar surface area (TPSA) is 60.7 Å². The normalized spacial score (nSPS) is 19.7. The van der Waals surface area contributed by atoms with Gasteiger partial charge in [-0.15, -0.1) is 6.58 Å². The smallest absolute Gasteiger partial charge is 0.0624 e. The third-order valence-corrected chi connectivity index (χ3v) is 2.78. The van der Waals surface area contributed by atoms with Crippen LogP contribution in [0.15, 0.2) is 12.7 Å². The molecule has 3 nitrogen and oxygen atoms in total. The van der Waals surface area contributed by atoms with E-state index >= 15 is 0 Å². The lowest BCUT2D eigenvalue weighted by Gasteiger charge is -2.22. The molecule has 0 aromatic rings. The van der Waals surface area contributed by atoms with Crippen molar-refractivity contribution in [3.8, 4) is 0 Å². The molecule has 0 aliphatic rings. The highest BCUT2D eigenvalue weighted by atomic mass is 16.3. The van der Waals surface area contributed by atoms with Gasteiger partial charge in [0.1, 0.15) is 0 Å². The fraction of sp³-hybridized carbons (Fsp3) is 0.833. The summed E-state index contributed by atoms with van der Waals surface area (Å²) >= 11 is 0. The summed E-state index contributed by atoms with van der Waals surface area (Å²) in [6.07, 6.45) is 0.522. The monoisotopic (exact) mass is 216 g/mol. The van der Waals surface area contributed by atoms with Crippen LogP contribution in [0.3, 0.4) is 0 Å². The van der Waals surface area contributed by atoms with Crippen LogP contribution >= 0.6 is 0 Å². The van der Waals surface area contributed by atoms with Gasteiger partial charge in [-0.1, -0.05) is 26.8 Å². The Morgan fingerprint density at radius 1 is 1.00 bits per heavy atom. The molecule has 0 saturated heterocycles. The molecule has 0 fully saturated rings. The van der Waals surface area contributed by atoms with Crippen LogP contribution < -0.4 is 0 Å². The minimum absolute atomic E-state index is 0.0316. The second kappa shape index (κ2) is 6.99. The Hall–Kier alpha value is -0.380. The van der Waals surface area contributed by atoms with Crippen molar-refractivity contribution in [3.63, 3.8) is 0 Å². The third kappa shape index (κ3) is 5.92. The van der Waals surface area contributed by atoms with Crippen molar-refractivity contribution < 1.29 is 15.3 Å². The molecule has 0 aromatic carbocycles. The Morgan fingerprint density at radius 2 is 1.47 bits per heavy atom. The molecular weight excluding hydrogens is 192 g/mol. The van der Waals surface area contributed by atoms with Crippen LogP contribution in [0.5, 0.6) is 0 Å². The van der Waals surface area contributed by atoms with E-state index in [9.17, 15) is 15.3 Å². The largest absolute Gasteiger partial charge is 0.393 e. The zero-order chi connectivity index (χ0) is 12.0. The van der Waals surface area contributed by atoms with E-state index in [2.05, 4.69) is 6.58 Å². The van der Waals surface area contributed by atoms with Crippen LogP contribution in [0.2, 0.25) is 0 Å². The molecular formula is C12H24O3. The van der Waals surface area contributed by atoms with Crippen molar-refractivity contribution in [1.82, 2.24) is 0 Å². The van der Waals surface area contributed by atoms with E-state index in [1.807, 2.05) is 20.8 Å². The zero-order valence-corrected chi connectivity index (χ0v) is 9.93. The lowest BCUT2D eigenvalue weighted by atomic mass is 9.94. The van der Waals surface area contributed by atoms with Gasteiger partial charge in [-0.3, -0.25) is 0 Å². The fourth-order valence-corrected chi connectivity index (χ4v) is 1.30. The maximum atomic E-state index is 9.63. The van der Waals surface area contributed by atoms with Crippen LogP contribution in [0, 0.1) is 11.8 Å². The van der Waals surface area contributed by atoms with Gasteiger partial charge >= 0.3 is 0 Å². The van der Waals surface area contributed by atoms with E-state index < -0.39 is 18.3 Å². The van der Waals surface area contributed by atoms with E-state index in [-0.39, 0.29) is 18.3 Å². The summed E-state index contributed by atoms with van der Waals surface area (Å²) in [5.41, 5.74) is 0. The SMILES string of the molecule is C=C[C@H](C)[C@H](O)C[C@H](O)C[C@H](O)C(C)C. The summed E-state index contributed by atoms with van der Waals surface area (Å²) in [6.45, 7) is 9.24. The van der Waals surface area contributed by atoms with Crippen molar-refractivity contribution in [2.24, 2.45) is 11.8 Å². The molecule has 0 radical (unpaired) electrons. The molecule has 4 atom stereocenters. The molecule has 90 valence electrons. The predicted octanol–water partition coefficient (Wildman–Crippen LogP) is 1.33. The van der Waals surface area contributed by atoms with Gasteiger partial charge in [0.05, 0.1) is 18.3 Å². The number of aliphatic hydroxyl groups is 3. The predicted molar refractivity (Wildman–Crippen MR) is 61.5 cm³/mol. The third-order valence-electron chi connectivity index (χ3n) is 2.78. The van der Waals surface area contributed by atoms with Gasteiger partial charge in [0, 0.05) is 0 Å². The average molecular weight is 216 g/mol. The summed E-state index contributed by atoms with van der Waals surface area (Å²) in [6, 6.07) is 0. The van der Waals surface area contributed by atoms with Gasteiger partial charge in [-0.2, -0.15) is 0 Å². The Bertz CT molecular complexity index is 180. The molecule has 3 N–H and O–H groups in total.